The van der Waals surface area contributed by atoms with Crippen molar-refractivity contribution in [3.05, 3.63) is 72.3 Å². The number of para-hydroxylation sites is 1. The summed E-state index contributed by atoms with van der Waals surface area (Å²) in [7, 11) is 0. The van der Waals surface area contributed by atoms with Gasteiger partial charge >= 0.3 is 11.9 Å². The number of benzene rings is 2. The lowest BCUT2D eigenvalue weighted by Crippen LogP contribution is -2.28. The molecule has 2 aliphatic carbocycles. The fraction of sp³-hybridized carbons (Fsp3) is 0.414. The van der Waals surface area contributed by atoms with Crippen LogP contribution in [0.5, 0.6) is 11.5 Å². The smallest absolute Gasteiger partial charge is 0.330 e. The lowest BCUT2D eigenvalue weighted by molar-refractivity contribution is -0.146. The fourth-order valence-corrected chi connectivity index (χ4v) is 5.70. The largest absolute Gasteiger partial charge is 0.481 e. The highest BCUT2D eigenvalue weighted by Gasteiger charge is 2.78. The maximum atomic E-state index is 12.7. The Bertz CT molecular complexity index is 1140. The Balaban J connectivity index is 1.57. The fourth-order valence-electron chi connectivity index (χ4n) is 5.70. The number of esters is 1. The van der Waals surface area contributed by atoms with Crippen molar-refractivity contribution in [2.24, 2.45) is 16.7 Å². The van der Waals surface area contributed by atoms with Crippen molar-refractivity contribution in [2.75, 3.05) is 0 Å². The molecular formula is C29H31NO5. The molecule has 6 heteroatoms. The zero-order valence-electron chi connectivity index (χ0n) is 20.1. The summed E-state index contributed by atoms with van der Waals surface area (Å²) >= 11 is 0. The molecule has 1 unspecified atom stereocenters. The number of aliphatic carboxylic acids is 1. The third kappa shape index (κ3) is 4.68. The van der Waals surface area contributed by atoms with E-state index in [1.54, 1.807) is 30.3 Å². The highest BCUT2D eigenvalue weighted by Crippen LogP contribution is 2.75. The van der Waals surface area contributed by atoms with E-state index in [4.69, 9.17) is 9.47 Å². The number of nitrogens with zero attached hydrogens (tertiary/aromatic N) is 1. The second kappa shape index (κ2) is 9.95. The molecule has 2 saturated carbocycles. The molecule has 0 heterocycles. The highest BCUT2D eigenvalue weighted by atomic mass is 16.5. The standard InChI is InChI=1S/C29H31NO5/c1-28(2)25(16-17-26(31)35-22-13-7-4-8-14-22)29(28,27(32)33)24(19-30)20-10-9-15-23(18-20)34-21-11-5-3-6-12-21/h3,5-6,9-12,15-18,22,24-25H,4,7-8,13-14H2,1-2H3,(H,32,33)/t24?,25-,29+/m0/s1. The molecule has 2 fully saturated rings. The third-order valence-corrected chi connectivity index (χ3v) is 7.62. The second-order valence-corrected chi connectivity index (χ2v) is 9.98. The molecule has 4 rings (SSSR count). The number of hydrogen-bond donors (Lipinski definition) is 1. The summed E-state index contributed by atoms with van der Waals surface area (Å²) < 4.78 is 11.5. The van der Waals surface area contributed by atoms with E-state index in [1.165, 1.54) is 6.08 Å². The van der Waals surface area contributed by atoms with Gasteiger partial charge in [0.1, 0.15) is 23.0 Å². The topological polar surface area (TPSA) is 96.6 Å². The molecule has 0 bridgehead atoms. The first kappa shape index (κ1) is 24.5. The zero-order chi connectivity index (χ0) is 25.1. The van der Waals surface area contributed by atoms with Crippen LogP contribution in [0, 0.1) is 28.1 Å². The molecule has 0 spiro atoms. The molecular weight excluding hydrogens is 442 g/mol. The minimum atomic E-state index is -1.38. The Morgan fingerprint density at radius 1 is 1.06 bits per heavy atom. The van der Waals surface area contributed by atoms with Crippen molar-refractivity contribution in [3.8, 4) is 17.6 Å². The number of ether oxygens (including phenoxy) is 2. The molecule has 0 radical (unpaired) electrons. The number of allylic oxidation sites excluding steroid dienone is 1. The highest BCUT2D eigenvalue weighted by molar-refractivity contribution is 5.86. The number of nitriles is 1. The Labute approximate surface area is 206 Å². The molecule has 0 amide bonds. The van der Waals surface area contributed by atoms with Crippen LogP contribution in [0.15, 0.2) is 66.7 Å². The number of hydrogen-bond acceptors (Lipinski definition) is 5. The van der Waals surface area contributed by atoms with Crippen LogP contribution in [0.2, 0.25) is 0 Å². The van der Waals surface area contributed by atoms with Gasteiger partial charge in [-0.2, -0.15) is 5.26 Å². The van der Waals surface area contributed by atoms with E-state index in [0.717, 1.165) is 32.1 Å². The van der Waals surface area contributed by atoms with Gasteiger partial charge in [-0.1, -0.05) is 56.7 Å². The van der Waals surface area contributed by atoms with Crippen LogP contribution in [0.3, 0.4) is 0 Å². The van der Waals surface area contributed by atoms with Crippen molar-refractivity contribution in [3.63, 3.8) is 0 Å². The van der Waals surface area contributed by atoms with E-state index in [2.05, 4.69) is 6.07 Å². The molecule has 35 heavy (non-hydrogen) atoms. The summed E-state index contributed by atoms with van der Waals surface area (Å²) in [6.07, 6.45) is 7.89. The number of carboxylic acid groups (broad SMARTS) is 1. The molecule has 3 atom stereocenters. The summed E-state index contributed by atoms with van der Waals surface area (Å²) in [5, 5.41) is 20.5. The SMILES string of the molecule is CC1(C)[C@H](C=CC(=O)OC2CCCCC2)[C@@]1(C(=O)O)C(C#N)c1cccc(Oc2ccccc2)c1. The Hall–Kier alpha value is -3.59. The predicted molar refractivity (Wildman–Crippen MR) is 131 cm³/mol. The molecule has 2 aliphatic rings. The minimum Gasteiger partial charge on any atom is -0.481 e. The monoisotopic (exact) mass is 473 g/mol. The molecule has 2 aromatic carbocycles. The Kier molecular flexibility index (Phi) is 6.98. The Morgan fingerprint density at radius 3 is 2.40 bits per heavy atom. The summed E-state index contributed by atoms with van der Waals surface area (Å²) in [6, 6.07) is 18.5. The first-order chi connectivity index (χ1) is 16.8. The quantitative estimate of drug-likeness (QED) is 0.360. The van der Waals surface area contributed by atoms with Crippen molar-refractivity contribution < 1.29 is 24.2 Å². The van der Waals surface area contributed by atoms with Gasteiger partial charge in [-0.3, -0.25) is 4.79 Å². The summed E-state index contributed by atoms with van der Waals surface area (Å²) in [4.78, 5) is 25.1. The van der Waals surface area contributed by atoms with Crippen molar-refractivity contribution in [1.29, 1.82) is 5.26 Å². The third-order valence-electron chi connectivity index (χ3n) is 7.62. The average molecular weight is 474 g/mol. The van der Waals surface area contributed by atoms with E-state index in [9.17, 15) is 20.0 Å². The van der Waals surface area contributed by atoms with Crippen LogP contribution >= 0.6 is 0 Å². The number of carbonyl (C=O) groups is 2. The zero-order valence-corrected chi connectivity index (χ0v) is 20.1. The van der Waals surface area contributed by atoms with Gasteiger partial charge in [0.15, 0.2) is 0 Å². The van der Waals surface area contributed by atoms with Crippen LogP contribution in [0.4, 0.5) is 0 Å². The molecule has 182 valence electrons. The van der Waals surface area contributed by atoms with Crippen LogP contribution in [-0.4, -0.2) is 23.1 Å². The normalized spacial score (nSPS) is 24.3. The van der Waals surface area contributed by atoms with Gasteiger partial charge in [-0.05, 0) is 60.9 Å². The van der Waals surface area contributed by atoms with Gasteiger partial charge in [-0.25, -0.2) is 4.79 Å². The van der Waals surface area contributed by atoms with Crippen LogP contribution in [0.1, 0.15) is 57.4 Å². The summed E-state index contributed by atoms with van der Waals surface area (Å²) in [5.74, 6) is -1.77. The van der Waals surface area contributed by atoms with Gasteiger partial charge in [0, 0.05) is 12.0 Å². The van der Waals surface area contributed by atoms with Gasteiger partial charge in [0.2, 0.25) is 0 Å². The van der Waals surface area contributed by atoms with E-state index in [-0.39, 0.29) is 6.10 Å². The van der Waals surface area contributed by atoms with Crippen LogP contribution in [-0.2, 0) is 14.3 Å². The Morgan fingerprint density at radius 2 is 1.74 bits per heavy atom. The van der Waals surface area contributed by atoms with Gasteiger partial charge in [-0.15, -0.1) is 0 Å². The second-order valence-electron chi connectivity index (χ2n) is 9.98. The maximum Gasteiger partial charge on any atom is 0.330 e. The summed E-state index contributed by atoms with van der Waals surface area (Å²) in [5.41, 5.74) is -1.55. The molecule has 0 aliphatic heterocycles. The van der Waals surface area contributed by atoms with Gasteiger partial charge in [0.25, 0.3) is 0 Å². The van der Waals surface area contributed by atoms with Crippen molar-refractivity contribution in [2.45, 2.75) is 58.0 Å². The average Bonchev–Trinajstić information content (AvgIpc) is 3.35. The molecule has 0 aromatic heterocycles. The first-order valence-corrected chi connectivity index (χ1v) is 12.2. The van der Waals surface area contributed by atoms with E-state index < -0.39 is 34.6 Å². The van der Waals surface area contributed by atoms with Crippen LogP contribution in [0.25, 0.3) is 0 Å². The molecule has 1 N–H and O–H groups in total. The number of carboxylic acids is 1. The van der Waals surface area contributed by atoms with Crippen molar-refractivity contribution in [1.82, 2.24) is 0 Å². The maximum absolute atomic E-state index is 12.7. The lowest BCUT2D eigenvalue weighted by Gasteiger charge is -2.22. The minimum absolute atomic E-state index is 0.0726. The molecule has 2 aromatic rings. The first-order valence-electron chi connectivity index (χ1n) is 12.2. The predicted octanol–water partition coefficient (Wildman–Crippen LogP) is 6.25. The van der Waals surface area contributed by atoms with E-state index in [0.29, 0.717) is 17.1 Å². The number of rotatable bonds is 8. The lowest BCUT2D eigenvalue weighted by atomic mass is 9.78. The molecule has 6 nitrogen and oxygen atoms in total. The van der Waals surface area contributed by atoms with Crippen molar-refractivity contribution >= 4 is 11.9 Å². The molecule has 0 saturated heterocycles. The van der Waals surface area contributed by atoms with Gasteiger partial charge in [0.05, 0.1) is 12.0 Å². The number of carbonyl (C=O) groups excluding carboxylic acids is 1. The van der Waals surface area contributed by atoms with E-state index >= 15 is 0 Å². The van der Waals surface area contributed by atoms with Gasteiger partial charge < -0.3 is 14.6 Å². The van der Waals surface area contributed by atoms with Crippen LogP contribution < -0.4 is 4.74 Å². The van der Waals surface area contributed by atoms with E-state index in [1.807, 2.05) is 44.2 Å². The summed E-state index contributed by atoms with van der Waals surface area (Å²) in [6.45, 7) is 3.66.